The van der Waals surface area contributed by atoms with E-state index in [2.05, 4.69) is 50.8 Å². The summed E-state index contributed by atoms with van der Waals surface area (Å²) in [6.07, 6.45) is 0. The molecule has 0 aliphatic heterocycles. The highest BCUT2D eigenvalue weighted by molar-refractivity contribution is 5.21. The number of rotatable bonds is 23. The maximum Gasteiger partial charge on any atom is 0.0718 e. The maximum atomic E-state index is 8.63. The van der Waals surface area contributed by atoms with Gasteiger partial charge < -0.3 is 46.9 Å². The van der Waals surface area contributed by atoms with Crippen LogP contribution in [0.15, 0.2) is 24.3 Å². The summed E-state index contributed by atoms with van der Waals surface area (Å²) in [6, 6.07) is 8.46. The van der Waals surface area contributed by atoms with Gasteiger partial charge in [-0.2, -0.15) is 0 Å². The van der Waals surface area contributed by atoms with Crippen molar-refractivity contribution in [3.63, 3.8) is 0 Å². The molecule has 1 rings (SSSR count). The van der Waals surface area contributed by atoms with Crippen molar-refractivity contribution in [2.45, 2.75) is 28.0 Å². The fraction of sp³-hybridized carbons (Fsp3) is 0.750. The van der Waals surface area contributed by atoms with E-state index in [-0.39, 0.29) is 21.5 Å². The van der Waals surface area contributed by atoms with Crippen LogP contribution in [0.3, 0.4) is 0 Å². The minimum atomic E-state index is 0. The normalized spacial score (nSPS) is 10.6. The van der Waals surface area contributed by atoms with Crippen LogP contribution in [0.2, 0.25) is 0 Å². The molecule has 0 aliphatic carbocycles. The highest BCUT2D eigenvalue weighted by atomic mass is 16.5. The molecule has 196 valence electrons. The molecule has 0 atom stereocenters. The summed E-state index contributed by atoms with van der Waals surface area (Å²) in [6.45, 7) is 12.2. The summed E-state index contributed by atoms with van der Waals surface area (Å²) in [5, 5.41) is 25.6. The molecular weight excluding hydrogens is 420 g/mol. The quantitative estimate of drug-likeness (QED) is 0.109. The van der Waals surface area contributed by atoms with E-state index in [9.17, 15) is 0 Å². The third kappa shape index (κ3) is 22.4. The van der Waals surface area contributed by atoms with Crippen molar-refractivity contribution in [1.29, 1.82) is 0 Å². The molecule has 0 aromatic heterocycles. The molecular formula is C24H52N6O3. The number of ether oxygens (including phenoxy) is 2. The third-order valence-corrected chi connectivity index (χ3v) is 4.46. The van der Waals surface area contributed by atoms with Gasteiger partial charge in [-0.1, -0.05) is 39.1 Å². The van der Waals surface area contributed by atoms with Crippen molar-refractivity contribution in [1.82, 2.24) is 26.6 Å². The van der Waals surface area contributed by atoms with E-state index < -0.39 is 0 Å². The largest absolute Gasteiger partial charge is 0.394 e. The molecule has 33 heavy (non-hydrogen) atoms. The predicted molar refractivity (Wildman–Crippen MR) is 140 cm³/mol. The van der Waals surface area contributed by atoms with Crippen molar-refractivity contribution >= 4 is 0 Å². The van der Waals surface area contributed by atoms with Crippen LogP contribution in [-0.2, 0) is 22.6 Å². The molecule has 9 nitrogen and oxygen atoms in total. The summed E-state index contributed by atoms with van der Waals surface area (Å²) in [5.74, 6) is 0. The Morgan fingerprint density at radius 2 is 1.06 bits per heavy atom. The standard InChI is InChI=1S/C22H44N6O3.2CH4/c23-5-6-24-7-8-25-9-10-26-11-12-27-13-14-28-19-21-1-3-22(4-2-21)20-31-18-17-30-16-15-29;;/h1-4,24-29H,5-20,23H2;2*1H4. The number of aliphatic hydroxyl groups excluding tert-OH is 1. The molecule has 0 aliphatic rings. The number of hydrogen-bond donors (Lipinski definition) is 7. The molecule has 0 radical (unpaired) electrons. The summed E-state index contributed by atoms with van der Waals surface area (Å²) in [4.78, 5) is 0. The Bertz CT molecular complexity index is 494. The Morgan fingerprint density at radius 3 is 1.58 bits per heavy atom. The average molecular weight is 473 g/mol. The Kier molecular flexibility index (Phi) is 28.0. The van der Waals surface area contributed by atoms with Gasteiger partial charge in [-0.3, -0.25) is 0 Å². The number of nitrogens with one attached hydrogen (secondary N) is 5. The summed E-state index contributed by atoms with van der Waals surface area (Å²) in [5.41, 5.74) is 7.84. The second-order valence-electron chi connectivity index (χ2n) is 7.17. The van der Waals surface area contributed by atoms with Gasteiger partial charge >= 0.3 is 0 Å². The zero-order valence-electron chi connectivity index (χ0n) is 19.0. The van der Waals surface area contributed by atoms with Crippen LogP contribution in [0, 0.1) is 0 Å². The zero-order valence-corrected chi connectivity index (χ0v) is 19.0. The van der Waals surface area contributed by atoms with Crippen molar-refractivity contribution in [2.75, 3.05) is 91.9 Å². The van der Waals surface area contributed by atoms with Gasteiger partial charge in [-0.05, 0) is 11.1 Å². The first-order chi connectivity index (χ1) is 15.4. The molecule has 9 heteroatoms. The van der Waals surface area contributed by atoms with Gasteiger partial charge in [-0.15, -0.1) is 0 Å². The lowest BCUT2D eigenvalue weighted by molar-refractivity contribution is 0.0274. The highest BCUT2D eigenvalue weighted by Crippen LogP contribution is 2.05. The van der Waals surface area contributed by atoms with Gasteiger partial charge in [0.15, 0.2) is 0 Å². The summed E-state index contributed by atoms with van der Waals surface area (Å²) >= 11 is 0. The Balaban J connectivity index is 0. The lowest BCUT2D eigenvalue weighted by Crippen LogP contribution is -2.36. The average Bonchev–Trinajstić information content (AvgIpc) is 2.79. The van der Waals surface area contributed by atoms with Gasteiger partial charge in [0.2, 0.25) is 0 Å². The van der Waals surface area contributed by atoms with Gasteiger partial charge in [0.25, 0.3) is 0 Å². The second-order valence-corrected chi connectivity index (χ2v) is 7.17. The maximum absolute atomic E-state index is 8.63. The first-order valence-electron chi connectivity index (χ1n) is 11.4. The molecule has 0 fully saturated rings. The molecule has 1 aromatic carbocycles. The number of hydrogen-bond acceptors (Lipinski definition) is 9. The van der Waals surface area contributed by atoms with Crippen LogP contribution in [0.4, 0.5) is 0 Å². The zero-order chi connectivity index (χ0) is 22.2. The number of benzene rings is 1. The summed E-state index contributed by atoms with van der Waals surface area (Å²) < 4.78 is 10.7. The van der Waals surface area contributed by atoms with E-state index in [0.717, 1.165) is 71.0 Å². The van der Waals surface area contributed by atoms with Crippen LogP contribution >= 0.6 is 0 Å². The molecule has 0 unspecified atom stereocenters. The molecule has 0 spiro atoms. The van der Waals surface area contributed by atoms with Crippen LogP contribution in [0.25, 0.3) is 0 Å². The van der Waals surface area contributed by atoms with E-state index in [4.69, 9.17) is 20.3 Å². The molecule has 0 heterocycles. The first-order valence-corrected chi connectivity index (χ1v) is 11.4. The molecule has 1 aromatic rings. The lowest BCUT2D eigenvalue weighted by atomic mass is 10.1. The number of aliphatic hydroxyl groups is 1. The van der Waals surface area contributed by atoms with E-state index in [0.29, 0.717) is 33.0 Å². The van der Waals surface area contributed by atoms with E-state index in [1.54, 1.807) is 0 Å². The highest BCUT2D eigenvalue weighted by Gasteiger charge is 1.97. The summed E-state index contributed by atoms with van der Waals surface area (Å²) in [7, 11) is 0. The lowest BCUT2D eigenvalue weighted by Gasteiger charge is -2.09. The first kappa shape index (κ1) is 34.0. The predicted octanol–water partition coefficient (Wildman–Crippen LogP) is -0.109. The fourth-order valence-electron chi connectivity index (χ4n) is 2.77. The number of nitrogens with two attached hydrogens (primary N) is 1. The van der Waals surface area contributed by atoms with Crippen molar-refractivity contribution in [3.8, 4) is 0 Å². The van der Waals surface area contributed by atoms with E-state index in [1.807, 2.05) is 0 Å². The Hall–Kier alpha value is -1.14. The van der Waals surface area contributed by atoms with Gasteiger partial charge in [-0.25, -0.2) is 0 Å². The van der Waals surface area contributed by atoms with Gasteiger partial charge in [0.05, 0.1) is 33.0 Å². The van der Waals surface area contributed by atoms with Crippen LogP contribution in [-0.4, -0.2) is 97.0 Å². The van der Waals surface area contributed by atoms with E-state index >= 15 is 0 Å². The minimum Gasteiger partial charge on any atom is -0.394 e. The van der Waals surface area contributed by atoms with E-state index in [1.165, 1.54) is 5.56 Å². The van der Waals surface area contributed by atoms with Crippen molar-refractivity contribution in [2.24, 2.45) is 5.73 Å². The second kappa shape index (κ2) is 27.1. The van der Waals surface area contributed by atoms with Crippen molar-refractivity contribution in [3.05, 3.63) is 35.4 Å². The molecule has 8 N–H and O–H groups in total. The van der Waals surface area contributed by atoms with Crippen LogP contribution < -0.4 is 32.3 Å². The topological polar surface area (TPSA) is 125 Å². The Labute approximate surface area is 202 Å². The van der Waals surface area contributed by atoms with Crippen molar-refractivity contribution < 1.29 is 14.6 Å². The fourth-order valence-corrected chi connectivity index (χ4v) is 2.77. The SMILES string of the molecule is C.C.NCCNCCNCCNCCNCCNCc1ccc(COCCOCCO)cc1. The molecule has 0 saturated heterocycles. The smallest absolute Gasteiger partial charge is 0.0718 e. The monoisotopic (exact) mass is 472 g/mol. The molecule has 0 amide bonds. The van der Waals surface area contributed by atoms with Crippen LogP contribution in [0.1, 0.15) is 26.0 Å². The van der Waals surface area contributed by atoms with Gasteiger partial charge in [0, 0.05) is 72.0 Å². The third-order valence-electron chi connectivity index (χ3n) is 4.46. The molecule has 0 bridgehead atoms. The minimum absolute atomic E-state index is 0. The molecule has 0 saturated carbocycles. The van der Waals surface area contributed by atoms with Crippen LogP contribution in [0.5, 0.6) is 0 Å². The Morgan fingerprint density at radius 1 is 0.606 bits per heavy atom. The van der Waals surface area contributed by atoms with Gasteiger partial charge in [0.1, 0.15) is 0 Å².